The van der Waals surface area contributed by atoms with Crippen molar-refractivity contribution in [2.24, 2.45) is 0 Å². The van der Waals surface area contributed by atoms with Crippen LogP contribution in [0.1, 0.15) is 20.8 Å². The lowest BCUT2D eigenvalue weighted by molar-refractivity contribution is -0.0568. The Morgan fingerprint density at radius 2 is 1.82 bits per heavy atom. The molecule has 68 valence electrons. The Bertz CT molecular complexity index is 98.1. The summed E-state index contributed by atoms with van der Waals surface area (Å²) in [6, 6.07) is 0.0729. The van der Waals surface area contributed by atoms with Crippen molar-refractivity contribution in [1.82, 2.24) is 10.0 Å². The van der Waals surface area contributed by atoms with Gasteiger partial charge in [0.25, 0.3) is 0 Å². The molecule has 1 aliphatic rings. The molecule has 0 bridgehead atoms. The van der Waals surface area contributed by atoms with E-state index in [0.717, 1.165) is 18.2 Å². The number of hydrogen-bond acceptors (Lipinski definition) is 2. The summed E-state index contributed by atoms with van der Waals surface area (Å²) in [5, 5.41) is 0.903. The van der Waals surface area contributed by atoms with Gasteiger partial charge in [0.15, 0.2) is 0 Å². The summed E-state index contributed by atoms with van der Waals surface area (Å²) in [5.74, 6) is 0. The summed E-state index contributed by atoms with van der Waals surface area (Å²) < 4.78 is 12.6. The number of piperazine rings is 1. The summed E-state index contributed by atoms with van der Waals surface area (Å²) in [7, 11) is 2.02. The maximum absolute atomic E-state index is 12.6. The SMILES string of the molecule is CC.CC1CN(C)CCN1F. The van der Waals surface area contributed by atoms with Crippen molar-refractivity contribution >= 4 is 0 Å². The maximum atomic E-state index is 12.6. The molecule has 1 aliphatic heterocycles. The van der Waals surface area contributed by atoms with Crippen LogP contribution in [-0.2, 0) is 0 Å². The average Bonchev–Trinajstić information content (AvgIpc) is 2.02. The van der Waals surface area contributed by atoms with Crippen LogP contribution in [0.3, 0.4) is 0 Å². The molecule has 0 spiro atoms. The lowest BCUT2D eigenvalue weighted by atomic mass is 10.2. The predicted octanol–water partition coefficient (Wildman–Crippen LogP) is 1.53. The van der Waals surface area contributed by atoms with E-state index in [1.807, 2.05) is 27.8 Å². The molecule has 1 atom stereocenters. The van der Waals surface area contributed by atoms with E-state index in [9.17, 15) is 4.48 Å². The van der Waals surface area contributed by atoms with Crippen LogP contribution in [0.4, 0.5) is 4.48 Å². The molecule has 0 radical (unpaired) electrons. The first-order valence-corrected chi connectivity index (χ1v) is 4.31. The minimum absolute atomic E-state index is 0.0729. The molecule has 0 aromatic rings. The van der Waals surface area contributed by atoms with E-state index in [1.54, 1.807) is 0 Å². The van der Waals surface area contributed by atoms with Crippen molar-refractivity contribution in [3.8, 4) is 0 Å². The molecule has 1 saturated heterocycles. The number of halogens is 1. The molecular formula is C8H19FN2. The van der Waals surface area contributed by atoms with Crippen molar-refractivity contribution in [3.05, 3.63) is 0 Å². The van der Waals surface area contributed by atoms with Gasteiger partial charge in [-0.15, -0.1) is 9.60 Å². The molecule has 0 N–H and O–H groups in total. The average molecular weight is 162 g/mol. The minimum atomic E-state index is 0.0729. The smallest absolute Gasteiger partial charge is 0.0501 e. The molecule has 1 unspecified atom stereocenters. The first-order chi connectivity index (χ1) is 5.20. The molecule has 0 saturated carbocycles. The molecule has 3 heteroatoms. The lowest BCUT2D eigenvalue weighted by Gasteiger charge is -2.31. The van der Waals surface area contributed by atoms with Gasteiger partial charge in [-0.05, 0) is 14.0 Å². The molecule has 0 aromatic heterocycles. The first-order valence-electron chi connectivity index (χ1n) is 4.31. The van der Waals surface area contributed by atoms with Crippen LogP contribution in [-0.4, -0.2) is 42.7 Å². The van der Waals surface area contributed by atoms with E-state index >= 15 is 0 Å². The van der Waals surface area contributed by atoms with Gasteiger partial charge in [0, 0.05) is 19.6 Å². The van der Waals surface area contributed by atoms with Gasteiger partial charge in [-0.25, -0.2) is 0 Å². The van der Waals surface area contributed by atoms with Crippen LogP contribution in [0.25, 0.3) is 0 Å². The summed E-state index contributed by atoms with van der Waals surface area (Å²) in [6.45, 7) is 8.14. The van der Waals surface area contributed by atoms with Gasteiger partial charge >= 0.3 is 0 Å². The molecule has 0 amide bonds. The third-order valence-corrected chi connectivity index (χ3v) is 1.75. The van der Waals surface area contributed by atoms with Crippen LogP contribution < -0.4 is 0 Å². The second kappa shape index (κ2) is 5.49. The molecule has 1 fully saturated rings. The fourth-order valence-electron chi connectivity index (χ4n) is 1.12. The standard InChI is InChI=1S/C6H13FN2.C2H6/c1-6-5-8(2)3-4-9(6)7;1-2/h6H,3-5H2,1-2H3;1-2H3. The van der Waals surface area contributed by atoms with Gasteiger partial charge in [0.2, 0.25) is 0 Å². The summed E-state index contributed by atoms with van der Waals surface area (Å²) in [5.41, 5.74) is 0. The van der Waals surface area contributed by atoms with E-state index in [4.69, 9.17) is 0 Å². The Morgan fingerprint density at radius 1 is 1.27 bits per heavy atom. The van der Waals surface area contributed by atoms with Crippen LogP contribution in [0.15, 0.2) is 0 Å². The van der Waals surface area contributed by atoms with Gasteiger partial charge in [0.05, 0.1) is 6.04 Å². The largest absolute Gasteiger partial charge is 0.303 e. The van der Waals surface area contributed by atoms with Gasteiger partial charge in [0.1, 0.15) is 0 Å². The van der Waals surface area contributed by atoms with Gasteiger partial charge in [-0.1, -0.05) is 13.8 Å². The lowest BCUT2D eigenvalue weighted by Crippen LogP contribution is -2.46. The highest BCUT2D eigenvalue weighted by Crippen LogP contribution is 2.06. The molecule has 0 aromatic carbocycles. The molecule has 2 nitrogen and oxygen atoms in total. The maximum Gasteiger partial charge on any atom is 0.0501 e. The summed E-state index contributed by atoms with van der Waals surface area (Å²) in [6.07, 6.45) is 0. The summed E-state index contributed by atoms with van der Waals surface area (Å²) >= 11 is 0. The Labute approximate surface area is 68.9 Å². The van der Waals surface area contributed by atoms with Crippen LogP contribution in [0, 0.1) is 0 Å². The molecule has 1 rings (SSSR count). The number of rotatable bonds is 0. The van der Waals surface area contributed by atoms with E-state index in [0.29, 0.717) is 6.54 Å². The topological polar surface area (TPSA) is 6.48 Å². The predicted molar refractivity (Wildman–Crippen MR) is 46.1 cm³/mol. The third-order valence-electron chi connectivity index (χ3n) is 1.75. The Morgan fingerprint density at radius 3 is 2.18 bits per heavy atom. The molecule has 1 heterocycles. The van der Waals surface area contributed by atoms with E-state index in [2.05, 4.69) is 4.90 Å². The van der Waals surface area contributed by atoms with E-state index in [-0.39, 0.29) is 6.04 Å². The highest BCUT2D eigenvalue weighted by atomic mass is 19.2. The Hall–Kier alpha value is -0.150. The van der Waals surface area contributed by atoms with E-state index in [1.165, 1.54) is 0 Å². The number of likely N-dealkylation sites (N-methyl/N-ethyl adjacent to an activating group) is 1. The Kier molecular flexibility index (Phi) is 5.42. The fraction of sp³-hybridized carbons (Fsp3) is 1.00. The van der Waals surface area contributed by atoms with Crippen LogP contribution in [0.2, 0.25) is 0 Å². The highest BCUT2D eigenvalue weighted by Gasteiger charge is 2.20. The molecule has 11 heavy (non-hydrogen) atoms. The van der Waals surface area contributed by atoms with Crippen molar-refractivity contribution in [1.29, 1.82) is 0 Å². The zero-order chi connectivity index (χ0) is 8.85. The fourth-order valence-corrected chi connectivity index (χ4v) is 1.12. The van der Waals surface area contributed by atoms with Gasteiger partial charge < -0.3 is 4.90 Å². The normalized spacial score (nSPS) is 27.5. The van der Waals surface area contributed by atoms with Crippen LogP contribution >= 0.6 is 0 Å². The molecule has 0 aliphatic carbocycles. The quantitative estimate of drug-likeness (QED) is 0.498. The highest BCUT2D eigenvalue weighted by molar-refractivity contribution is 4.70. The van der Waals surface area contributed by atoms with Crippen LogP contribution in [0.5, 0.6) is 0 Å². The second-order valence-electron chi connectivity index (χ2n) is 2.73. The van der Waals surface area contributed by atoms with Crippen molar-refractivity contribution in [2.45, 2.75) is 26.8 Å². The second-order valence-corrected chi connectivity index (χ2v) is 2.73. The van der Waals surface area contributed by atoms with Gasteiger partial charge in [-0.2, -0.15) is 0 Å². The first kappa shape index (κ1) is 10.8. The van der Waals surface area contributed by atoms with Crippen molar-refractivity contribution in [3.63, 3.8) is 0 Å². The monoisotopic (exact) mass is 162 g/mol. The van der Waals surface area contributed by atoms with Crippen molar-refractivity contribution in [2.75, 3.05) is 26.7 Å². The zero-order valence-electron chi connectivity index (χ0n) is 7.97. The summed E-state index contributed by atoms with van der Waals surface area (Å²) in [4.78, 5) is 2.14. The number of nitrogens with zero attached hydrogens (tertiary/aromatic N) is 2. The minimum Gasteiger partial charge on any atom is -0.303 e. The van der Waals surface area contributed by atoms with E-state index < -0.39 is 0 Å². The zero-order valence-corrected chi connectivity index (χ0v) is 7.97. The molecular weight excluding hydrogens is 143 g/mol. The van der Waals surface area contributed by atoms with Crippen molar-refractivity contribution < 1.29 is 4.48 Å². The van der Waals surface area contributed by atoms with Gasteiger partial charge in [-0.3, -0.25) is 0 Å². The number of hydrogen-bond donors (Lipinski definition) is 0. The third kappa shape index (κ3) is 3.68. The Balaban J connectivity index is 0.000000461.